The molecule has 1 saturated carbocycles. The van der Waals surface area contributed by atoms with Gasteiger partial charge in [-0.1, -0.05) is 0 Å². The molecule has 1 aliphatic carbocycles. The van der Waals surface area contributed by atoms with Gasteiger partial charge >= 0.3 is 5.97 Å². The fourth-order valence-corrected chi connectivity index (χ4v) is 3.24. The summed E-state index contributed by atoms with van der Waals surface area (Å²) in [4.78, 5) is 23.7. The fourth-order valence-electron chi connectivity index (χ4n) is 3.24. The van der Waals surface area contributed by atoms with Crippen molar-refractivity contribution in [3.8, 4) is 0 Å². The van der Waals surface area contributed by atoms with E-state index in [-0.39, 0.29) is 22.8 Å². The second kappa shape index (κ2) is 5.09. The van der Waals surface area contributed by atoms with Crippen molar-refractivity contribution >= 4 is 16.9 Å². The lowest BCUT2D eigenvalue weighted by Gasteiger charge is -2.07. The van der Waals surface area contributed by atoms with Crippen molar-refractivity contribution in [1.82, 2.24) is 0 Å². The Morgan fingerprint density at radius 2 is 1.92 bits per heavy atom. The standard InChI is InChI=1S/C19H16O5/c1-9-3-5-15(23-9)12-8-13(12)18-10(2)17(20)14-7-11(19(21)22)4-6-16(14)24-18/h3-7,12-13H,8H2,1-2H3,(H,21,22). The van der Waals surface area contributed by atoms with Crippen LogP contribution in [0.3, 0.4) is 0 Å². The van der Waals surface area contributed by atoms with Crippen LogP contribution in [-0.4, -0.2) is 11.1 Å². The molecule has 0 amide bonds. The predicted molar refractivity (Wildman–Crippen MR) is 87.7 cm³/mol. The molecule has 3 aromatic rings. The molecule has 1 aliphatic rings. The molecular weight excluding hydrogens is 308 g/mol. The lowest BCUT2D eigenvalue weighted by Crippen LogP contribution is -2.10. The van der Waals surface area contributed by atoms with Gasteiger partial charge in [-0.3, -0.25) is 4.79 Å². The van der Waals surface area contributed by atoms with Crippen molar-refractivity contribution in [1.29, 1.82) is 0 Å². The Labute approximate surface area is 137 Å². The van der Waals surface area contributed by atoms with E-state index in [4.69, 9.17) is 13.9 Å². The minimum Gasteiger partial charge on any atom is -0.478 e. The number of fused-ring (bicyclic) bond motifs is 1. The van der Waals surface area contributed by atoms with Gasteiger partial charge in [-0.2, -0.15) is 0 Å². The number of carboxylic acids is 1. The molecular formula is C19H16O5. The number of hydrogen-bond acceptors (Lipinski definition) is 4. The first kappa shape index (κ1) is 14.8. The molecule has 0 radical (unpaired) electrons. The fraction of sp³-hybridized carbons (Fsp3) is 0.263. The van der Waals surface area contributed by atoms with Crippen molar-refractivity contribution < 1.29 is 18.7 Å². The van der Waals surface area contributed by atoms with E-state index in [9.17, 15) is 9.59 Å². The molecule has 0 spiro atoms. The number of aryl methyl sites for hydroxylation is 1. The number of carboxylic acid groups (broad SMARTS) is 1. The zero-order valence-corrected chi connectivity index (χ0v) is 13.3. The first-order valence-electron chi connectivity index (χ1n) is 7.82. The summed E-state index contributed by atoms with van der Waals surface area (Å²) in [5.41, 5.74) is 0.876. The average Bonchev–Trinajstić information content (AvgIpc) is 3.24. The Bertz CT molecular complexity index is 1020. The molecule has 4 rings (SSSR count). The Balaban J connectivity index is 1.78. The van der Waals surface area contributed by atoms with Gasteiger partial charge in [-0.05, 0) is 50.6 Å². The van der Waals surface area contributed by atoms with Gasteiger partial charge in [-0.25, -0.2) is 4.79 Å². The Morgan fingerprint density at radius 1 is 1.12 bits per heavy atom. The van der Waals surface area contributed by atoms with Crippen molar-refractivity contribution in [3.05, 3.63) is 69.0 Å². The Morgan fingerprint density at radius 3 is 2.58 bits per heavy atom. The largest absolute Gasteiger partial charge is 0.478 e. The summed E-state index contributed by atoms with van der Waals surface area (Å²) < 4.78 is 11.6. The van der Waals surface area contributed by atoms with E-state index < -0.39 is 5.97 Å². The number of furan rings is 1. The van der Waals surface area contributed by atoms with Gasteiger partial charge in [-0.15, -0.1) is 0 Å². The number of rotatable bonds is 3. The van der Waals surface area contributed by atoms with E-state index in [1.165, 1.54) is 12.1 Å². The maximum Gasteiger partial charge on any atom is 0.335 e. The Kier molecular flexibility index (Phi) is 3.13. The highest BCUT2D eigenvalue weighted by Gasteiger charge is 2.45. The van der Waals surface area contributed by atoms with E-state index in [2.05, 4.69) is 0 Å². The summed E-state index contributed by atoms with van der Waals surface area (Å²) in [6.45, 7) is 3.64. The smallest absolute Gasteiger partial charge is 0.335 e. The van der Waals surface area contributed by atoms with Crippen molar-refractivity contribution in [2.24, 2.45) is 0 Å². The van der Waals surface area contributed by atoms with E-state index in [0.29, 0.717) is 22.3 Å². The van der Waals surface area contributed by atoms with E-state index in [1.54, 1.807) is 13.0 Å². The molecule has 1 aromatic carbocycles. The van der Waals surface area contributed by atoms with E-state index >= 15 is 0 Å². The molecule has 1 N–H and O–H groups in total. The van der Waals surface area contributed by atoms with Gasteiger partial charge in [0.05, 0.1) is 10.9 Å². The van der Waals surface area contributed by atoms with Crippen LogP contribution in [0.15, 0.2) is 44.0 Å². The lowest BCUT2D eigenvalue weighted by atomic mass is 10.1. The zero-order valence-electron chi connectivity index (χ0n) is 13.3. The maximum atomic E-state index is 12.6. The predicted octanol–water partition coefficient (Wildman–Crippen LogP) is 3.97. The van der Waals surface area contributed by atoms with Crippen molar-refractivity contribution in [3.63, 3.8) is 0 Å². The number of carbonyl (C=O) groups is 1. The van der Waals surface area contributed by atoms with Crippen LogP contribution in [0.25, 0.3) is 11.0 Å². The van der Waals surface area contributed by atoms with Crippen LogP contribution >= 0.6 is 0 Å². The van der Waals surface area contributed by atoms with Crippen LogP contribution in [0.2, 0.25) is 0 Å². The van der Waals surface area contributed by atoms with Gasteiger partial charge in [0.2, 0.25) is 0 Å². The second-order valence-electron chi connectivity index (χ2n) is 6.33. The van der Waals surface area contributed by atoms with Crippen LogP contribution in [0.1, 0.15) is 51.5 Å². The van der Waals surface area contributed by atoms with Crippen molar-refractivity contribution in [2.45, 2.75) is 32.1 Å². The SMILES string of the molecule is Cc1ccc(C2CC2c2oc3ccc(C(=O)O)cc3c(=O)c2C)o1. The van der Waals surface area contributed by atoms with E-state index in [0.717, 1.165) is 17.9 Å². The summed E-state index contributed by atoms with van der Waals surface area (Å²) in [5, 5.41) is 9.38. The second-order valence-corrected chi connectivity index (χ2v) is 6.33. The molecule has 0 bridgehead atoms. The molecule has 2 atom stereocenters. The van der Waals surface area contributed by atoms with Gasteiger partial charge in [0.1, 0.15) is 22.9 Å². The molecule has 5 heteroatoms. The number of hydrogen-bond donors (Lipinski definition) is 1. The molecule has 1 fully saturated rings. The minimum atomic E-state index is -1.06. The maximum absolute atomic E-state index is 12.6. The van der Waals surface area contributed by atoms with Crippen molar-refractivity contribution in [2.75, 3.05) is 0 Å². The lowest BCUT2D eigenvalue weighted by molar-refractivity contribution is 0.0697. The highest BCUT2D eigenvalue weighted by molar-refractivity contribution is 5.92. The molecule has 2 heterocycles. The van der Waals surface area contributed by atoms with Gasteiger partial charge in [0.15, 0.2) is 5.43 Å². The number of aromatic carboxylic acids is 1. The quantitative estimate of drug-likeness (QED) is 0.788. The summed E-state index contributed by atoms with van der Waals surface area (Å²) in [5.74, 6) is 1.76. The van der Waals surface area contributed by atoms with Crippen LogP contribution in [0, 0.1) is 13.8 Å². The van der Waals surface area contributed by atoms with Crippen LogP contribution in [0.5, 0.6) is 0 Å². The summed E-state index contributed by atoms with van der Waals surface area (Å²) in [6.07, 6.45) is 0.884. The molecule has 24 heavy (non-hydrogen) atoms. The molecule has 0 aliphatic heterocycles. The zero-order chi connectivity index (χ0) is 17.0. The van der Waals surface area contributed by atoms with Crippen LogP contribution in [-0.2, 0) is 0 Å². The van der Waals surface area contributed by atoms with Gasteiger partial charge in [0.25, 0.3) is 0 Å². The molecule has 0 saturated heterocycles. The minimum absolute atomic E-state index is 0.0808. The van der Waals surface area contributed by atoms with Gasteiger partial charge in [0, 0.05) is 17.4 Å². The summed E-state index contributed by atoms with van der Waals surface area (Å²) in [6, 6.07) is 8.28. The summed E-state index contributed by atoms with van der Waals surface area (Å²) >= 11 is 0. The molecule has 5 nitrogen and oxygen atoms in total. The normalized spacial score (nSPS) is 19.6. The first-order chi connectivity index (χ1) is 11.5. The number of benzene rings is 1. The topological polar surface area (TPSA) is 80.6 Å². The van der Waals surface area contributed by atoms with Gasteiger partial charge < -0.3 is 13.9 Å². The third-order valence-electron chi connectivity index (χ3n) is 4.66. The third kappa shape index (κ3) is 2.24. The van der Waals surface area contributed by atoms with Crippen LogP contribution in [0.4, 0.5) is 0 Å². The highest BCUT2D eigenvalue weighted by atomic mass is 16.4. The molecule has 122 valence electrons. The highest BCUT2D eigenvalue weighted by Crippen LogP contribution is 2.55. The summed E-state index contributed by atoms with van der Waals surface area (Å²) in [7, 11) is 0. The third-order valence-corrected chi connectivity index (χ3v) is 4.66. The van der Waals surface area contributed by atoms with Crippen LogP contribution < -0.4 is 5.43 Å². The first-order valence-corrected chi connectivity index (χ1v) is 7.82. The average molecular weight is 324 g/mol. The molecule has 2 unspecified atom stereocenters. The molecule has 2 aromatic heterocycles. The van der Waals surface area contributed by atoms with E-state index in [1.807, 2.05) is 19.1 Å². The monoisotopic (exact) mass is 324 g/mol. The Hall–Kier alpha value is -2.82.